The van der Waals surface area contributed by atoms with Gasteiger partial charge in [-0.15, -0.1) is 0 Å². The maximum Gasteiger partial charge on any atom is 0.104 e. The van der Waals surface area contributed by atoms with E-state index in [2.05, 4.69) is 51.1 Å². The van der Waals surface area contributed by atoms with Crippen LogP contribution in [-0.4, -0.2) is 35.8 Å². The molecule has 0 unspecified atom stereocenters. The zero-order valence-electron chi connectivity index (χ0n) is 12.2. The molecular formula is C15H28ClNO. The van der Waals surface area contributed by atoms with E-state index >= 15 is 0 Å². The van der Waals surface area contributed by atoms with Gasteiger partial charge in [0.25, 0.3) is 0 Å². The number of aliphatic hydroxyl groups is 1. The van der Waals surface area contributed by atoms with Gasteiger partial charge < -0.3 is 22.0 Å². The zero-order chi connectivity index (χ0) is 13.1. The second-order valence-electron chi connectivity index (χ2n) is 4.25. The summed E-state index contributed by atoms with van der Waals surface area (Å²) < 4.78 is 1.20. The Labute approximate surface area is 119 Å². The molecule has 0 bridgehead atoms. The van der Waals surface area contributed by atoms with E-state index in [1.807, 2.05) is 0 Å². The molecule has 3 heteroatoms. The highest BCUT2D eigenvalue weighted by molar-refractivity contribution is 5.13. The van der Waals surface area contributed by atoms with Gasteiger partial charge in [0, 0.05) is 12.2 Å². The van der Waals surface area contributed by atoms with Crippen LogP contribution in [0.25, 0.3) is 0 Å². The molecule has 0 saturated heterocycles. The Morgan fingerprint density at radius 1 is 0.889 bits per heavy atom. The summed E-state index contributed by atoms with van der Waals surface area (Å²) in [4.78, 5) is 0. The molecule has 0 aliphatic rings. The van der Waals surface area contributed by atoms with Gasteiger partial charge in [-0.25, -0.2) is 0 Å². The van der Waals surface area contributed by atoms with Crippen LogP contribution in [0.2, 0.25) is 0 Å². The molecule has 0 saturated carbocycles. The lowest BCUT2D eigenvalue weighted by molar-refractivity contribution is -0.936. The van der Waals surface area contributed by atoms with Crippen LogP contribution in [0.15, 0.2) is 30.3 Å². The summed E-state index contributed by atoms with van der Waals surface area (Å²) in [5.41, 5.74) is 1.46. The maximum absolute atomic E-state index is 7.57. The lowest BCUT2D eigenvalue weighted by atomic mass is 10.2. The minimum Gasteiger partial charge on any atom is -1.00 e. The van der Waals surface area contributed by atoms with Crippen LogP contribution < -0.4 is 12.4 Å². The molecule has 18 heavy (non-hydrogen) atoms. The molecular weight excluding hydrogens is 246 g/mol. The van der Waals surface area contributed by atoms with E-state index < -0.39 is 0 Å². The molecule has 0 aliphatic carbocycles. The number of aliphatic hydroxyl groups excluding tert-OH is 1. The summed E-state index contributed by atoms with van der Waals surface area (Å²) in [6.45, 7) is 13.6. The largest absolute Gasteiger partial charge is 1.00 e. The Hall–Kier alpha value is -0.570. The molecule has 2 nitrogen and oxygen atoms in total. The molecule has 106 valence electrons. The summed E-state index contributed by atoms with van der Waals surface area (Å²) >= 11 is 0. The van der Waals surface area contributed by atoms with Crippen molar-refractivity contribution in [2.45, 2.75) is 34.2 Å². The Morgan fingerprint density at radius 3 is 1.61 bits per heavy atom. The predicted molar refractivity (Wildman–Crippen MR) is 74.8 cm³/mol. The topological polar surface area (TPSA) is 20.2 Å². The third-order valence-electron chi connectivity index (χ3n) is 3.37. The normalized spacial score (nSPS) is 10.1. The van der Waals surface area contributed by atoms with Crippen molar-refractivity contribution in [3.63, 3.8) is 0 Å². The molecule has 0 atom stereocenters. The molecule has 1 N–H and O–H groups in total. The quantitative estimate of drug-likeness (QED) is 0.753. The summed E-state index contributed by atoms with van der Waals surface area (Å²) in [7, 11) is 0. The molecule has 0 aromatic heterocycles. The first-order chi connectivity index (χ1) is 8.17. The minimum atomic E-state index is 0. The summed E-state index contributed by atoms with van der Waals surface area (Å²) in [6, 6.07) is 10.8. The molecule has 1 aromatic carbocycles. The fraction of sp³-hybridized carbons (Fsp3) is 0.600. The Morgan fingerprint density at radius 2 is 1.28 bits per heavy atom. The third-order valence-corrected chi connectivity index (χ3v) is 3.37. The first-order valence-electron chi connectivity index (χ1n) is 6.67. The zero-order valence-corrected chi connectivity index (χ0v) is 13.0. The monoisotopic (exact) mass is 273 g/mol. The van der Waals surface area contributed by atoms with Gasteiger partial charge in [-0.05, 0) is 27.7 Å². The van der Waals surface area contributed by atoms with Crippen LogP contribution in [0.3, 0.4) is 0 Å². The summed E-state index contributed by atoms with van der Waals surface area (Å²) in [5.74, 6) is 0. The van der Waals surface area contributed by atoms with Crippen molar-refractivity contribution in [3.8, 4) is 0 Å². The molecule has 0 aliphatic heterocycles. The molecule has 0 heterocycles. The van der Waals surface area contributed by atoms with Crippen molar-refractivity contribution in [2.75, 3.05) is 26.2 Å². The van der Waals surface area contributed by atoms with Gasteiger partial charge in [0.15, 0.2) is 0 Å². The Kier molecular flexibility index (Phi) is 12.6. The number of hydrogen-bond acceptors (Lipinski definition) is 1. The lowest BCUT2D eigenvalue weighted by Gasteiger charge is -2.35. The molecule has 0 spiro atoms. The van der Waals surface area contributed by atoms with Gasteiger partial charge >= 0.3 is 0 Å². The van der Waals surface area contributed by atoms with Crippen LogP contribution in [0, 0.1) is 0 Å². The van der Waals surface area contributed by atoms with Crippen molar-refractivity contribution < 1.29 is 22.0 Å². The SMILES string of the molecule is CCO.CC[N+](CC)(CC)Cc1ccccc1.[Cl-]. The van der Waals surface area contributed by atoms with E-state index in [9.17, 15) is 0 Å². The van der Waals surface area contributed by atoms with E-state index in [-0.39, 0.29) is 19.0 Å². The number of nitrogens with zero attached hydrogens (tertiary/aromatic N) is 1. The lowest BCUT2D eigenvalue weighted by Crippen LogP contribution is -3.00. The van der Waals surface area contributed by atoms with Crippen molar-refractivity contribution in [1.29, 1.82) is 0 Å². The molecule has 1 rings (SSSR count). The van der Waals surface area contributed by atoms with Crippen molar-refractivity contribution in [1.82, 2.24) is 0 Å². The van der Waals surface area contributed by atoms with E-state index in [1.165, 1.54) is 36.2 Å². The van der Waals surface area contributed by atoms with Crippen molar-refractivity contribution >= 4 is 0 Å². The molecule has 0 amide bonds. The Bertz CT molecular complexity index is 265. The van der Waals surface area contributed by atoms with Gasteiger partial charge in [-0.3, -0.25) is 0 Å². The van der Waals surface area contributed by atoms with Crippen molar-refractivity contribution in [2.24, 2.45) is 0 Å². The van der Waals surface area contributed by atoms with Gasteiger partial charge in [0.1, 0.15) is 6.54 Å². The molecule has 0 radical (unpaired) electrons. The fourth-order valence-corrected chi connectivity index (χ4v) is 1.98. The number of halogens is 1. The average molecular weight is 274 g/mol. The van der Waals surface area contributed by atoms with Gasteiger partial charge in [0.05, 0.1) is 19.6 Å². The highest BCUT2D eigenvalue weighted by Crippen LogP contribution is 2.13. The van der Waals surface area contributed by atoms with Crippen LogP contribution in [0.1, 0.15) is 33.3 Å². The van der Waals surface area contributed by atoms with E-state index in [0.717, 1.165) is 0 Å². The van der Waals surface area contributed by atoms with E-state index in [4.69, 9.17) is 5.11 Å². The number of rotatable bonds is 5. The average Bonchev–Trinajstić information content (AvgIpc) is 2.38. The third kappa shape index (κ3) is 7.00. The standard InChI is InChI=1S/C13H22N.C2H6O.ClH/c1-4-14(5-2,6-3)12-13-10-8-7-9-11-13;1-2-3;/h7-11H,4-6,12H2,1-3H3;3H,2H2,1H3;1H/q+1;;/p-1. The molecule has 0 fully saturated rings. The number of hydrogen-bond donors (Lipinski definition) is 1. The minimum absolute atomic E-state index is 0. The van der Waals surface area contributed by atoms with Gasteiger partial charge in [0.2, 0.25) is 0 Å². The highest BCUT2D eigenvalue weighted by Gasteiger charge is 2.20. The summed E-state index contributed by atoms with van der Waals surface area (Å²) in [6.07, 6.45) is 0. The summed E-state index contributed by atoms with van der Waals surface area (Å²) in [5, 5.41) is 7.57. The highest BCUT2D eigenvalue weighted by atomic mass is 35.5. The fourth-order valence-electron chi connectivity index (χ4n) is 1.98. The van der Waals surface area contributed by atoms with Crippen LogP contribution in [0.4, 0.5) is 0 Å². The number of benzene rings is 1. The second-order valence-corrected chi connectivity index (χ2v) is 4.25. The van der Waals surface area contributed by atoms with E-state index in [0.29, 0.717) is 0 Å². The van der Waals surface area contributed by atoms with Crippen LogP contribution in [0.5, 0.6) is 0 Å². The van der Waals surface area contributed by atoms with Crippen molar-refractivity contribution in [3.05, 3.63) is 35.9 Å². The van der Waals surface area contributed by atoms with Crippen LogP contribution >= 0.6 is 0 Å². The Balaban J connectivity index is 0. The van der Waals surface area contributed by atoms with E-state index in [1.54, 1.807) is 6.92 Å². The van der Waals surface area contributed by atoms with Gasteiger partial charge in [-0.2, -0.15) is 0 Å². The second kappa shape index (κ2) is 11.5. The van der Waals surface area contributed by atoms with Crippen LogP contribution in [-0.2, 0) is 6.54 Å². The smallest absolute Gasteiger partial charge is 0.104 e. The maximum atomic E-state index is 7.57. The molecule has 1 aromatic rings. The van der Waals surface area contributed by atoms with Gasteiger partial charge in [-0.1, -0.05) is 30.3 Å². The first-order valence-corrected chi connectivity index (χ1v) is 6.67. The predicted octanol–water partition coefficient (Wildman–Crippen LogP) is 0.0657. The first kappa shape index (κ1) is 19.8. The number of quaternary nitrogens is 1.